The average Bonchev–Trinajstić information content (AvgIpc) is 3.94. The Bertz CT molecular complexity index is 4070. The molecule has 12 aromatic carbocycles. The SMILES string of the molecule is c1ccc(-c2ccc(N(c3ccc(-c4ccc5c(ccc6cc7c8ccccc8n(-c8ccccc8)c7cc65)c4)cc3)c3ccc(C4(c5ccccc5)c5ccccc5-c5ccccc54)cc3)cc2)cc1. The van der Waals surface area contributed by atoms with E-state index < -0.39 is 5.41 Å². The van der Waals surface area contributed by atoms with Crippen LogP contribution in [-0.2, 0) is 5.41 Å². The summed E-state index contributed by atoms with van der Waals surface area (Å²) in [6.45, 7) is 0. The minimum Gasteiger partial charge on any atom is -0.311 e. The molecule has 0 fully saturated rings. The Kier molecular flexibility index (Phi) is 9.47. The summed E-state index contributed by atoms with van der Waals surface area (Å²) in [5.74, 6) is 0. The van der Waals surface area contributed by atoms with Gasteiger partial charge in [-0.3, -0.25) is 0 Å². The molecule has 0 N–H and O–H groups in total. The van der Waals surface area contributed by atoms with E-state index in [9.17, 15) is 0 Å². The van der Waals surface area contributed by atoms with Crippen molar-refractivity contribution in [2.75, 3.05) is 4.90 Å². The lowest BCUT2D eigenvalue weighted by molar-refractivity contribution is 0.768. The predicted molar refractivity (Wildman–Crippen MR) is 299 cm³/mol. The minimum absolute atomic E-state index is 0.461. The Morgan fingerprint density at radius 2 is 0.761 bits per heavy atom. The second-order valence-corrected chi connectivity index (χ2v) is 18.8. The lowest BCUT2D eigenvalue weighted by atomic mass is 9.68. The number of anilines is 3. The molecule has 0 saturated carbocycles. The second-order valence-electron chi connectivity index (χ2n) is 18.8. The number of benzene rings is 12. The van der Waals surface area contributed by atoms with Crippen molar-refractivity contribution >= 4 is 60.4 Å². The van der Waals surface area contributed by atoms with Crippen LogP contribution in [0.4, 0.5) is 17.1 Å². The van der Waals surface area contributed by atoms with Crippen LogP contribution in [0, 0.1) is 0 Å². The first-order valence-corrected chi connectivity index (χ1v) is 24.6. The zero-order chi connectivity index (χ0) is 46.9. The van der Waals surface area contributed by atoms with Gasteiger partial charge in [-0.15, -0.1) is 0 Å². The van der Waals surface area contributed by atoms with Gasteiger partial charge in [0.1, 0.15) is 0 Å². The van der Waals surface area contributed by atoms with E-state index in [4.69, 9.17) is 0 Å². The standard InChI is InChI=1S/C69H46N2/c1-4-16-47(17-5-1)48-30-37-56(38-31-48)70(58-41-35-54(36-42-58)69(53-18-6-2-7-19-53)65-25-13-10-22-60(65)61-23-11-14-26-66(61)69)57-39-32-49(33-40-57)50-34-43-59-51(44-50)28-29-52-45-64-62-24-12-15-27-67(62)71(68(64)46-63(52)59)55-20-8-3-9-21-55/h1-46H. The third kappa shape index (κ3) is 6.49. The molecule has 0 spiro atoms. The van der Waals surface area contributed by atoms with E-state index in [0.717, 1.165) is 17.1 Å². The Morgan fingerprint density at radius 3 is 1.41 bits per heavy atom. The predicted octanol–water partition coefficient (Wildman–Crippen LogP) is 18.3. The van der Waals surface area contributed by atoms with Crippen LogP contribution < -0.4 is 4.90 Å². The van der Waals surface area contributed by atoms with E-state index in [1.807, 2.05) is 0 Å². The van der Waals surface area contributed by atoms with Gasteiger partial charge in [0, 0.05) is 33.5 Å². The van der Waals surface area contributed by atoms with Crippen molar-refractivity contribution in [3.63, 3.8) is 0 Å². The molecular weight excluding hydrogens is 857 g/mol. The van der Waals surface area contributed by atoms with Gasteiger partial charge in [0.2, 0.25) is 0 Å². The monoisotopic (exact) mass is 902 g/mol. The lowest BCUT2D eigenvalue weighted by Gasteiger charge is -2.34. The van der Waals surface area contributed by atoms with E-state index >= 15 is 0 Å². The van der Waals surface area contributed by atoms with Gasteiger partial charge in [-0.2, -0.15) is 0 Å². The molecule has 0 atom stereocenters. The van der Waals surface area contributed by atoms with Crippen LogP contribution in [0.25, 0.3) is 82.4 Å². The Balaban J connectivity index is 0.860. The highest BCUT2D eigenvalue weighted by molar-refractivity contribution is 6.18. The van der Waals surface area contributed by atoms with E-state index in [-0.39, 0.29) is 0 Å². The molecule has 0 aliphatic heterocycles. The molecule has 0 saturated heterocycles. The molecule has 2 heteroatoms. The van der Waals surface area contributed by atoms with Gasteiger partial charge >= 0.3 is 0 Å². The van der Waals surface area contributed by atoms with Gasteiger partial charge in [-0.05, 0) is 150 Å². The smallest absolute Gasteiger partial charge is 0.0713 e. The summed E-state index contributed by atoms with van der Waals surface area (Å²) >= 11 is 0. The number of para-hydroxylation sites is 2. The molecule has 1 heterocycles. The average molecular weight is 903 g/mol. The summed E-state index contributed by atoms with van der Waals surface area (Å²) in [6.07, 6.45) is 0. The van der Waals surface area contributed by atoms with Crippen LogP contribution >= 0.6 is 0 Å². The van der Waals surface area contributed by atoms with E-state index in [1.165, 1.54) is 105 Å². The summed E-state index contributed by atoms with van der Waals surface area (Å²) in [5.41, 5.74) is 18.9. The molecule has 1 aliphatic carbocycles. The van der Waals surface area contributed by atoms with E-state index in [0.29, 0.717) is 0 Å². The molecule has 0 radical (unpaired) electrons. The number of aromatic nitrogens is 1. The van der Waals surface area contributed by atoms with Gasteiger partial charge in [0.25, 0.3) is 0 Å². The molecule has 332 valence electrons. The molecule has 71 heavy (non-hydrogen) atoms. The highest BCUT2D eigenvalue weighted by Crippen LogP contribution is 2.56. The minimum atomic E-state index is -0.461. The number of hydrogen-bond donors (Lipinski definition) is 0. The Hall–Kier alpha value is -9.24. The molecule has 1 aliphatic rings. The zero-order valence-electron chi connectivity index (χ0n) is 39.0. The maximum Gasteiger partial charge on any atom is 0.0713 e. The van der Waals surface area contributed by atoms with Crippen molar-refractivity contribution < 1.29 is 0 Å². The maximum atomic E-state index is 2.41. The van der Waals surface area contributed by atoms with Crippen LogP contribution in [0.3, 0.4) is 0 Å². The first-order valence-electron chi connectivity index (χ1n) is 24.6. The molecular formula is C69H46N2. The summed E-state index contributed by atoms with van der Waals surface area (Å²) < 4.78 is 2.41. The highest BCUT2D eigenvalue weighted by Gasteiger charge is 2.45. The van der Waals surface area contributed by atoms with Crippen LogP contribution in [0.2, 0.25) is 0 Å². The third-order valence-corrected chi connectivity index (χ3v) is 15.1. The van der Waals surface area contributed by atoms with Crippen LogP contribution in [0.5, 0.6) is 0 Å². The van der Waals surface area contributed by atoms with Crippen LogP contribution in [0.1, 0.15) is 22.3 Å². The van der Waals surface area contributed by atoms with Crippen molar-refractivity contribution in [1.29, 1.82) is 0 Å². The number of hydrogen-bond acceptors (Lipinski definition) is 1. The normalized spacial score (nSPS) is 12.6. The molecule has 0 unspecified atom stereocenters. The van der Waals surface area contributed by atoms with Crippen LogP contribution in [-0.4, -0.2) is 4.57 Å². The second kappa shape index (κ2) is 16.5. The Labute approximate surface area is 413 Å². The van der Waals surface area contributed by atoms with Gasteiger partial charge in [0.15, 0.2) is 0 Å². The largest absolute Gasteiger partial charge is 0.311 e. The van der Waals surface area contributed by atoms with Gasteiger partial charge in [-0.1, -0.05) is 206 Å². The molecule has 2 nitrogen and oxygen atoms in total. The number of rotatable bonds is 8. The fourth-order valence-corrected chi connectivity index (χ4v) is 11.8. The summed E-state index contributed by atoms with van der Waals surface area (Å²) in [4.78, 5) is 2.38. The van der Waals surface area contributed by atoms with E-state index in [2.05, 4.69) is 289 Å². The fourth-order valence-electron chi connectivity index (χ4n) is 11.8. The summed E-state index contributed by atoms with van der Waals surface area (Å²) in [6, 6.07) is 103. The highest BCUT2D eigenvalue weighted by atomic mass is 15.1. The lowest BCUT2D eigenvalue weighted by Crippen LogP contribution is -2.28. The van der Waals surface area contributed by atoms with Gasteiger partial charge in [-0.25, -0.2) is 0 Å². The van der Waals surface area contributed by atoms with Crippen molar-refractivity contribution in [1.82, 2.24) is 4.57 Å². The first kappa shape index (κ1) is 40.8. The molecule has 1 aromatic heterocycles. The molecule has 14 rings (SSSR count). The summed E-state index contributed by atoms with van der Waals surface area (Å²) in [5, 5.41) is 7.52. The number of fused-ring (bicyclic) bond motifs is 9. The van der Waals surface area contributed by atoms with Crippen molar-refractivity contribution in [2.45, 2.75) is 5.41 Å². The summed E-state index contributed by atoms with van der Waals surface area (Å²) in [7, 11) is 0. The third-order valence-electron chi connectivity index (χ3n) is 15.1. The maximum absolute atomic E-state index is 2.41. The number of nitrogens with zero attached hydrogens (tertiary/aromatic N) is 2. The molecule has 0 amide bonds. The van der Waals surface area contributed by atoms with Crippen molar-refractivity contribution in [2.24, 2.45) is 0 Å². The topological polar surface area (TPSA) is 8.17 Å². The van der Waals surface area contributed by atoms with Crippen molar-refractivity contribution in [3.05, 3.63) is 301 Å². The first-order chi connectivity index (χ1) is 35.2. The zero-order valence-corrected chi connectivity index (χ0v) is 39.0. The van der Waals surface area contributed by atoms with Gasteiger partial charge < -0.3 is 9.47 Å². The van der Waals surface area contributed by atoms with E-state index in [1.54, 1.807) is 0 Å². The molecule has 0 bridgehead atoms. The Morgan fingerprint density at radius 1 is 0.282 bits per heavy atom. The fraction of sp³-hybridized carbons (Fsp3) is 0.0145. The quantitative estimate of drug-likeness (QED) is 0.138. The van der Waals surface area contributed by atoms with Crippen LogP contribution in [0.15, 0.2) is 279 Å². The van der Waals surface area contributed by atoms with Crippen molar-refractivity contribution in [3.8, 4) is 39.1 Å². The van der Waals surface area contributed by atoms with Gasteiger partial charge in [0.05, 0.1) is 16.4 Å². The molecule has 13 aromatic rings.